The molecule has 0 heterocycles. The smallest absolute Gasteiger partial charge is 0.123 e. The molecule has 0 amide bonds. The topological polar surface area (TPSA) is 121 Å². The zero-order chi connectivity index (χ0) is 17.7. The zero-order valence-electron chi connectivity index (χ0n) is 13.1. The van der Waals surface area contributed by atoms with Gasteiger partial charge in [-0.2, -0.15) is 0 Å². The Balaban J connectivity index is 2.36. The van der Waals surface area contributed by atoms with Crippen LogP contribution in [0.2, 0.25) is 0 Å². The summed E-state index contributed by atoms with van der Waals surface area (Å²) in [6.45, 7) is -0.762. The number of hydrogen-bond acceptors (Lipinski definition) is 6. The summed E-state index contributed by atoms with van der Waals surface area (Å²) >= 11 is 0. The van der Waals surface area contributed by atoms with Gasteiger partial charge in [0.1, 0.15) is 11.5 Å². The van der Waals surface area contributed by atoms with E-state index in [9.17, 15) is 20.4 Å². The van der Waals surface area contributed by atoms with Gasteiger partial charge >= 0.3 is 0 Å². The summed E-state index contributed by atoms with van der Waals surface area (Å²) in [7, 11) is 0. The number of aliphatic hydroxyl groups is 4. The van der Waals surface area contributed by atoms with E-state index in [-0.39, 0.29) is 30.9 Å². The van der Waals surface area contributed by atoms with Crippen molar-refractivity contribution in [2.45, 2.75) is 25.0 Å². The van der Waals surface area contributed by atoms with Gasteiger partial charge in [0.2, 0.25) is 0 Å². The molecule has 0 radical (unpaired) electrons. The van der Waals surface area contributed by atoms with E-state index in [2.05, 4.69) is 0 Å². The summed E-state index contributed by atoms with van der Waals surface area (Å²) in [4.78, 5) is 0. The summed E-state index contributed by atoms with van der Waals surface area (Å²) in [6.07, 6.45) is -1.53. The van der Waals surface area contributed by atoms with E-state index in [1.165, 1.54) is 12.1 Å². The van der Waals surface area contributed by atoms with Gasteiger partial charge in [-0.05, 0) is 41.0 Å². The third-order valence-electron chi connectivity index (χ3n) is 3.80. The molecule has 2 atom stereocenters. The average Bonchev–Trinajstić information content (AvgIpc) is 2.58. The molecule has 2 aromatic rings. The fraction of sp³-hybridized carbons (Fsp3) is 0.333. The van der Waals surface area contributed by atoms with Crippen LogP contribution < -0.4 is 0 Å². The van der Waals surface area contributed by atoms with E-state index in [0.29, 0.717) is 16.7 Å². The first kappa shape index (κ1) is 18.2. The molecule has 2 unspecified atom stereocenters. The van der Waals surface area contributed by atoms with Crippen LogP contribution in [0.15, 0.2) is 36.4 Å². The molecule has 0 spiro atoms. The summed E-state index contributed by atoms with van der Waals surface area (Å²) in [6, 6.07) is 9.59. The second kappa shape index (κ2) is 8.12. The first-order valence-corrected chi connectivity index (χ1v) is 7.66. The van der Waals surface area contributed by atoms with Gasteiger partial charge in [-0.3, -0.25) is 0 Å². The number of aliphatic hydroxyl groups excluding tert-OH is 4. The SMILES string of the molecule is OCC(O)Cc1ccc(O)c(-c2ccc(O)c(CC(O)CO)c2)c1. The highest BCUT2D eigenvalue weighted by Gasteiger charge is 2.13. The van der Waals surface area contributed by atoms with E-state index in [0.717, 1.165) is 5.56 Å². The Bertz CT molecular complexity index is 685. The summed E-state index contributed by atoms with van der Waals surface area (Å²) in [5.74, 6) is 0.0363. The molecule has 0 saturated heterocycles. The van der Waals surface area contributed by atoms with Crippen molar-refractivity contribution in [3.8, 4) is 22.6 Å². The molecule has 0 saturated carbocycles. The quantitative estimate of drug-likeness (QED) is 0.440. The lowest BCUT2D eigenvalue weighted by atomic mass is 9.96. The molecule has 24 heavy (non-hydrogen) atoms. The van der Waals surface area contributed by atoms with Crippen LogP contribution in [0.3, 0.4) is 0 Å². The second-order valence-corrected chi connectivity index (χ2v) is 5.78. The fourth-order valence-electron chi connectivity index (χ4n) is 2.51. The summed E-state index contributed by atoms with van der Waals surface area (Å²) < 4.78 is 0. The molecular weight excluding hydrogens is 312 g/mol. The first-order valence-electron chi connectivity index (χ1n) is 7.66. The van der Waals surface area contributed by atoms with Crippen LogP contribution in [0, 0.1) is 0 Å². The maximum absolute atomic E-state index is 10.1. The molecule has 2 aromatic carbocycles. The van der Waals surface area contributed by atoms with Crippen molar-refractivity contribution in [3.63, 3.8) is 0 Å². The summed E-state index contributed by atoms with van der Waals surface area (Å²) in [5, 5.41) is 57.0. The standard InChI is InChI=1S/C18H22O6/c19-9-14(21)5-11-1-3-18(24)16(6-11)12-2-4-17(23)13(7-12)8-15(22)10-20/h1-4,6-7,14-15,19-24H,5,8-10H2. The number of aromatic hydroxyl groups is 2. The van der Waals surface area contributed by atoms with E-state index < -0.39 is 18.8 Å². The van der Waals surface area contributed by atoms with Crippen molar-refractivity contribution >= 4 is 0 Å². The van der Waals surface area contributed by atoms with Crippen LogP contribution in [-0.4, -0.2) is 56.1 Å². The lowest BCUT2D eigenvalue weighted by Crippen LogP contribution is -2.15. The highest BCUT2D eigenvalue weighted by Crippen LogP contribution is 2.33. The molecule has 6 N–H and O–H groups in total. The number of phenolic OH excluding ortho intramolecular Hbond substituents is 2. The number of phenols is 2. The Kier molecular flexibility index (Phi) is 6.16. The fourth-order valence-corrected chi connectivity index (χ4v) is 2.51. The first-order chi connectivity index (χ1) is 11.4. The molecule has 0 aliphatic carbocycles. The second-order valence-electron chi connectivity index (χ2n) is 5.78. The van der Waals surface area contributed by atoms with Gasteiger partial charge in [-0.1, -0.05) is 12.1 Å². The number of benzene rings is 2. The molecule has 0 aliphatic heterocycles. The van der Waals surface area contributed by atoms with Gasteiger partial charge < -0.3 is 30.6 Å². The molecular formula is C18H22O6. The van der Waals surface area contributed by atoms with Crippen LogP contribution >= 0.6 is 0 Å². The highest BCUT2D eigenvalue weighted by atomic mass is 16.3. The monoisotopic (exact) mass is 334 g/mol. The number of hydrogen-bond donors (Lipinski definition) is 6. The molecule has 0 aromatic heterocycles. The van der Waals surface area contributed by atoms with Crippen LogP contribution in [0.1, 0.15) is 11.1 Å². The minimum absolute atomic E-state index is 0.00222. The van der Waals surface area contributed by atoms with Crippen molar-refractivity contribution in [1.29, 1.82) is 0 Å². The van der Waals surface area contributed by atoms with Gasteiger partial charge in [0.25, 0.3) is 0 Å². The van der Waals surface area contributed by atoms with Gasteiger partial charge in [0.15, 0.2) is 0 Å². The molecule has 0 fully saturated rings. The van der Waals surface area contributed by atoms with Gasteiger partial charge in [-0.25, -0.2) is 0 Å². The Labute approximate surface area is 139 Å². The van der Waals surface area contributed by atoms with E-state index >= 15 is 0 Å². The predicted octanol–water partition coefficient (Wildman–Crippen LogP) is 0.556. The Morgan fingerprint density at radius 1 is 0.750 bits per heavy atom. The van der Waals surface area contributed by atoms with Crippen molar-refractivity contribution in [2.24, 2.45) is 0 Å². The lowest BCUT2D eigenvalue weighted by Gasteiger charge is -2.13. The number of rotatable bonds is 7. The molecule has 0 bridgehead atoms. The maximum atomic E-state index is 10.1. The minimum atomic E-state index is -0.981. The Morgan fingerprint density at radius 2 is 1.38 bits per heavy atom. The largest absolute Gasteiger partial charge is 0.508 e. The average molecular weight is 334 g/mol. The highest BCUT2D eigenvalue weighted by molar-refractivity contribution is 5.72. The summed E-state index contributed by atoms with van der Waals surface area (Å²) in [5.41, 5.74) is 2.34. The van der Waals surface area contributed by atoms with Gasteiger partial charge in [0, 0.05) is 18.4 Å². The lowest BCUT2D eigenvalue weighted by molar-refractivity contribution is 0.0950. The van der Waals surface area contributed by atoms with Crippen LogP contribution in [-0.2, 0) is 12.8 Å². The van der Waals surface area contributed by atoms with Crippen LogP contribution in [0.5, 0.6) is 11.5 Å². The predicted molar refractivity (Wildman–Crippen MR) is 88.8 cm³/mol. The molecule has 130 valence electrons. The Hall–Kier alpha value is -2.12. The van der Waals surface area contributed by atoms with Crippen molar-refractivity contribution in [1.82, 2.24) is 0 Å². The zero-order valence-corrected chi connectivity index (χ0v) is 13.1. The molecule has 6 nitrogen and oxygen atoms in total. The van der Waals surface area contributed by atoms with Crippen molar-refractivity contribution < 1.29 is 30.6 Å². The maximum Gasteiger partial charge on any atom is 0.123 e. The van der Waals surface area contributed by atoms with Gasteiger partial charge in [-0.15, -0.1) is 0 Å². The van der Waals surface area contributed by atoms with Crippen molar-refractivity contribution in [3.05, 3.63) is 47.5 Å². The minimum Gasteiger partial charge on any atom is -0.508 e. The van der Waals surface area contributed by atoms with Gasteiger partial charge in [0.05, 0.1) is 25.4 Å². The molecule has 6 heteroatoms. The third-order valence-corrected chi connectivity index (χ3v) is 3.80. The molecule has 2 rings (SSSR count). The van der Waals surface area contributed by atoms with E-state index in [1.807, 2.05) is 0 Å². The Morgan fingerprint density at radius 3 is 2.04 bits per heavy atom. The van der Waals surface area contributed by atoms with Crippen LogP contribution in [0.4, 0.5) is 0 Å². The molecule has 0 aliphatic rings. The van der Waals surface area contributed by atoms with E-state index in [1.54, 1.807) is 24.3 Å². The van der Waals surface area contributed by atoms with E-state index in [4.69, 9.17) is 10.2 Å². The van der Waals surface area contributed by atoms with Crippen molar-refractivity contribution in [2.75, 3.05) is 13.2 Å². The third kappa shape index (κ3) is 4.46. The normalized spacial score (nSPS) is 13.7. The van der Waals surface area contributed by atoms with Crippen LogP contribution in [0.25, 0.3) is 11.1 Å².